The van der Waals surface area contributed by atoms with Crippen LogP contribution < -0.4 is 10.2 Å². The second kappa shape index (κ2) is 6.21. The standard InChI is InChI=1S/C12H23N3S/c1-6-9(3)15(5)12-14-11(8-16-12)10(4)13-7-2/h8-10,13H,6-7H2,1-5H3. The molecule has 2 unspecified atom stereocenters. The lowest BCUT2D eigenvalue weighted by Gasteiger charge is -2.22. The van der Waals surface area contributed by atoms with E-state index in [0.717, 1.165) is 23.8 Å². The Kier molecular flexibility index (Phi) is 5.22. The van der Waals surface area contributed by atoms with Crippen molar-refractivity contribution in [1.82, 2.24) is 10.3 Å². The van der Waals surface area contributed by atoms with E-state index < -0.39 is 0 Å². The molecular formula is C12H23N3S. The third kappa shape index (κ3) is 3.19. The average Bonchev–Trinajstić information content (AvgIpc) is 2.76. The monoisotopic (exact) mass is 241 g/mol. The Morgan fingerprint density at radius 1 is 1.44 bits per heavy atom. The first-order chi connectivity index (χ1) is 7.60. The summed E-state index contributed by atoms with van der Waals surface area (Å²) in [5, 5.41) is 6.66. The molecule has 0 aliphatic rings. The van der Waals surface area contributed by atoms with Crippen LogP contribution in [0.2, 0.25) is 0 Å². The fourth-order valence-electron chi connectivity index (χ4n) is 1.51. The number of rotatable bonds is 6. The average molecular weight is 241 g/mol. The van der Waals surface area contributed by atoms with Crippen molar-refractivity contribution < 1.29 is 0 Å². The van der Waals surface area contributed by atoms with Gasteiger partial charge in [0.15, 0.2) is 5.13 Å². The molecule has 0 radical (unpaired) electrons. The zero-order valence-electron chi connectivity index (χ0n) is 10.9. The summed E-state index contributed by atoms with van der Waals surface area (Å²) in [6.07, 6.45) is 1.15. The first kappa shape index (κ1) is 13.5. The van der Waals surface area contributed by atoms with Crippen molar-refractivity contribution in [1.29, 1.82) is 0 Å². The van der Waals surface area contributed by atoms with E-state index in [0.29, 0.717) is 12.1 Å². The van der Waals surface area contributed by atoms with Crippen LogP contribution in [0.25, 0.3) is 0 Å². The summed E-state index contributed by atoms with van der Waals surface area (Å²) >= 11 is 1.73. The molecule has 1 aromatic heterocycles. The Morgan fingerprint density at radius 3 is 2.69 bits per heavy atom. The van der Waals surface area contributed by atoms with Crippen LogP contribution in [0.15, 0.2) is 5.38 Å². The maximum absolute atomic E-state index is 4.68. The Bertz CT molecular complexity index is 311. The molecule has 1 heterocycles. The van der Waals surface area contributed by atoms with Gasteiger partial charge in [-0.2, -0.15) is 0 Å². The topological polar surface area (TPSA) is 28.2 Å². The van der Waals surface area contributed by atoms with Gasteiger partial charge in [-0.05, 0) is 26.8 Å². The van der Waals surface area contributed by atoms with Crippen LogP contribution in [0.4, 0.5) is 5.13 Å². The van der Waals surface area contributed by atoms with E-state index >= 15 is 0 Å². The maximum atomic E-state index is 4.68. The Morgan fingerprint density at radius 2 is 2.12 bits per heavy atom. The number of thiazole rings is 1. The predicted molar refractivity (Wildman–Crippen MR) is 72.4 cm³/mol. The number of hydrogen-bond donors (Lipinski definition) is 1. The summed E-state index contributed by atoms with van der Waals surface area (Å²) in [5.74, 6) is 0. The van der Waals surface area contributed by atoms with Gasteiger partial charge in [0.05, 0.1) is 5.69 Å². The lowest BCUT2D eigenvalue weighted by Crippen LogP contribution is -2.28. The smallest absolute Gasteiger partial charge is 0.185 e. The number of aromatic nitrogens is 1. The molecule has 92 valence electrons. The molecule has 4 heteroatoms. The summed E-state index contributed by atoms with van der Waals surface area (Å²) in [7, 11) is 2.12. The second-order valence-corrected chi connectivity index (χ2v) is 5.04. The molecule has 1 N–H and O–H groups in total. The van der Waals surface area contributed by atoms with Gasteiger partial charge in [-0.25, -0.2) is 4.98 Å². The van der Waals surface area contributed by atoms with E-state index in [1.54, 1.807) is 11.3 Å². The molecule has 0 aromatic carbocycles. The first-order valence-corrected chi connectivity index (χ1v) is 6.89. The zero-order chi connectivity index (χ0) is 12.1. The highest BCUT2D eigenvalue weighted by atomic mass is 32.1. The fourth-order valence-corrected chi connectivity index (χ4v) is 2.50. The minimum absolute atomic E-state index is 0.348. The largest absolute Gasteiger partial charge is 0.348 e. The van der Waals surface area contributed by atoms with Gasteiger partial charge in [-0.1, -0.05) is 13.8 Å². The fraction of sp³-hybridized carbons (Fsp3) is 0.750. The van der Waals surface area contributed by atoms with Crippen molar-refractivity contribution >= 4 is 16.5 Å². The molecular weight excluding hydrogens is 218 g/mol. The molecule has 0 saturated heterocycles. The van der Waals surface area contributed by atoms with Crippen molar-refractivity contribution in [2.45, 2.75) is 46.2 Å². The first-order valence-electron chi connectivity index (χ1n) is 6.01. The van der Waals surface area contributed by atoms with E-state index in [2.05, 4.69) is 55.3 Å². The summed E-state index contributed by atoms with van der Waals surface area (Å²) in [4.78, 5) is 6.94. The summed E-state index contributed by atoms with van der Waals surface area (Å²) < 4.78 is 0. The van der Waals surface area contributed by atoms with Gasteiger partial charge in [-0.15, -0.1) is 11.3 Å². The van der Waals surface area contributed by atoms with Gasteiger partial charge < -0.3 is 10.2 Å². The Hall–Kier alpha value is -0.610. The van der Waals surface area contributed by atoms with Crippen LogP contribution in [-0.4, -0.2) is 24.6 Å². The second-order valence-electron chi connectivity index (χ2n) is 4.20. The lowest BCUT2D eigenvalue weighted by molar-refractivity contribution is 0.584. The van der Waals surface area contributed by atoms with Crippen LogP contribution in [0.1, 0.15) is 45.9 Å². The van der Waals surface area contributed by atoms with Crippen molar-refractivity contribution in [3.63, 3.8) is 0 Å². The van der Waals surface area contributed by atoms with Crippen LogP contribution in [0.3, 0.4) is 0 Å². The number of hydrogen-bond acceptors (Lipinski definition) is 4. The predicted octanol–water partition coefficient (Wildman–Crippen LogP) is 3.05. The van der Waals surface area contributed by atoms with E-state index in [9.17, 15) is 0 Å². The molecule has 0 aliphatic carbocycles. The zero-order valence-corrected chi connectivity index (χ0v) is 11.8. The van der Waals surface area contributed by atoms with Gasteiger partial charge >= 0.3 is 0 Å². The highest BCUT2D eigenvalue weighted by molar-refractivity contribution is 7.13. The van der Waals surface area contributed by atoms with E-state index in [1.807, 2.05) is 0 Å². The van der Waals surface area contributed by atoms with Gasteiger partial charge in [0.1, 0.15) is 0 Å². The van der Waals surface area contributed by atoms with Gasteiger partial charge in [0.25, 0.3) is 0 Å². The summed E-state index contributed by atoms with van der Waals surface area (Å²) in [6, 6.07) is 0.897. The van der Waals surface area contributed by atoms with Gasteiger partial charge in [0, 0.05) is 24.5 Å². The molecule has 1 rings (SSSR count). The third-order valence-corrected chi connectivity index (χ3v) is 3.97. The summed E-state index contributed by atoms with van der Waals surface area (Å²) in [5.41, 5.74) is 1.15. The van der Waals surface area contributed by atoms with Crippen molar-refractivity contribution in [2.24, 2.45) is 0 Å². The highest BCUT2D eigenvalue weighted by Gasteiger charge is 2.14. The Balaban J connectivity index is 2.70. The van der Waals surface area contributed by atoms with Gasteiger partial charge in [-0.3, -0.25) is 0 Å². The molecule has 0 aliphatic heterocycles. The molecule has 0 fully saturated rings. The minimum Gasteiger partial charge on any atom is -0.348 e. The lowest BCUT2D eigenvalue weighted by atomic mass is 10.2. The SMILES string of the molecule is CCNC(C)c1csc(N(C)C(C)CC)n1. The number of nitrogens with one attached hydrogen (secondary N) is 1. The number of nitrogens with zero attached hydrogens (tertiary/aromatic N) is 2. The normalized spacial score (nSPS) is 14.8. The van der Waals surface area contributed by atoms with Gasteiger partial charge in [0.2, 0.25) is 0 Å². The van der Waals surface area contributed by atoms with E-state index in [4.69, 9.17) is 0 Å². The molecule has 3 nitrogen and oxygen atoms in total. The number of anilines is 1. The molecule has 0 saturated carbocycles. The quantitative estimate of drug-likeness (QED) is 0.829. The van der Waals surface area contributed by atoms with Crippen molar-refractivity contribution in [3.8, 4) is 0 Å². The molecule has 1 aromatic rings. The molecule has 16 heavy (non-hydrogen) atoms. The minimum atomic E-state index is 0.348. The molecule has 0 spiro atoms. The van der Waals surface area contributed by atoms with E-state index in [1.165, 1.54) is 0 Å². The summed E-state index contributed by atoms with van der Waals surface area (Å²) in [6.45, 7) is 9.70. The highest BCUT2D eigenvalue weighted by Crippen LogP contribution is 2.24. The van der Waals surface area contributed by atoms with Crippen LogP contribution >= 0.6 is 11.3 Å². The van der Waals surface area contributed by atoms with Crippen molar-refractivity contribution in [3.05, 3.63) is 11.1 Å². The Labute approximate surface area is 103 Å². The van der Waals surface area contributed by atoms with Crippen molar-refractivity contribution in [2.75, 3.05) is 18.5 Å². The maximum Gasteiger partial charge on any atom is 0.185 e. The van der Waals surface area contributed by atoms with E-state index in [-0.39, 0.29) is 0 Å². The third-order valence-electron chi connectivity index (χ3n) is 3.02. The van der Waals surface area contributed by atoms with Crippen LogP contribution in [0, 0.1) is 0 Å². The molecule has 2 atom stereocenters. The molecule has 0 amide bonds. The van der Waals surface area contributed by atoms with Crippen LogP contribution in [-0.2, 0) is 0 Å². The van der Waals surface area contributed by atoms with Crippen LogP contribution in [0.5, 0.6) is 0 Å². The molecule has 0 bridgehead atoms.